The largest absolute Gasteiger partial charge is 0.455 e. The van der Waals surface area contributed by atoms with E-state index in [9.17, 15) is 5.48 Å². The number of benzene rings is 9. The lowest BCUT2D eigenvalue weighted by molar-refractivity contribution is 0.627. The zero-order chi connectivity index (χ0) is 39.7. The molecule has 2 heteroatoms. The first-order valence-electron chi connectivity index (χ1n) is 20.4. The Morgan fingerprint density at radius 2 is 0.900 bits per heavy atom. The number of fused-ring (bicyclic) bond motifs is 9. The summed E-state index contributed by atoms with van der Waals surface area (Å²) in [5.41, 5.74) is 3.78. The second-order valence-corrected chi connectivity index (χ2v) is 12.5. The zero-order valence-corrected chi connectivity index (χ0v) is 26.4. The zero-order valence-electron chi connectivity index (χ0n) is 34.4. The molecule has 0 aliphatic heterocycles. The third-order valence-electron chi connectivity index (χ3n) is 9.93. The summed E-state index contributed by atoms with van der Waals surface area (Å²) in [4.78, 5) is 0. The van der Waals surface area contributed by atoms with Gasteiger partial charge in [0, 0.05) is 27.3 Å². The minimum absolute atomic E-state index is 0.112. The lowest BCUT2D eigenvalue weighted by Gasteiger charge is -2.19. The van der Waals surface area contributed by atoms with Crippen LogP contribution in [-0.4, -0.2) is 0 Å². The van der Waals surface area contributed by atoms with Crippen LogP contribution >= 0.6 is 0 Å². The Kier molecular flexibility index (Phi) is 4.31. The summed E-state index contributed by atoms with van der Waals surface area (Å²) < 4.78 is 87.8. The molecule has 50 heavy (non-hydrogen) atoms. The van der Waals surface area contributed by atoms with Crippen LogP contribution in [0, 0.1) is 0 Å². The SMILES string of the molecule is [2H]c1c([2H])c([2H])c2c(-c3cccc4c3ccc3ccccc34)c3c([2H])c([2H])c([2H])c([2H])c3c(-c3c(-c4cccc5c4oc4ccccc45)oc4ccccc34)c2c1[2H]. The van der Waals surface area contributed by atoms with E-state index in [0.29, 0.717) is 50.1 Å². The van der Waals surface area contributed by atoms with Gasteiger partial charge in [0.15, 0.2) is 0 Å². The lowest BCUT2D eigenvalue weighted by atomic mass is 9.83. The molecule has 0 aliphatic rings. The predicted octanol–water partition coefficient (Wildman–Crippen LogP) is 13.9. The van der Waals surface area contributed by atoms with Crippen molar-refractivity contribution in [3.8, 4) is 33.6 Å². The molecule has 11 aromatic rings. The van der Waals surface area contributed by atoms with Crippen LogP contribution in [0.3, 0.4) is 0 Å². The minimum atomic E-state index is -0.470. The molecule has 0 spiro atoms. The van der Waals surface area contributed by atoms with E-state index < -0.39 is 24.2 Å². The molecule has 0 saturated heterocycles. The average molecular weight is 645 g/mol. The van der Waals surface area contributed by atoms with E-state index in [1.54, 1.807) is 0 Å². The molecule has 0 unspecified atom stereocenters. The van der Waals surface area contributed by atoms with Gasteiger partial charge in [0.1, 0.15) is 22.5 Å². The molecule has 0 radical (unpaired) electrons. The van der Waals surface area contributed by atoms with Gasteiger partial charge in [-0.2, -0.15) is 0 Å². The van der Waals surface area contributed by atoms with Gasteiger partial charge in [-0.1, -0.05) is 151 Å². The Morgan fingerprint density at radius 1 is 0.340 bits per heavy atom. The highest BCUT2D eigenvalue weighted by Crippen LogP contribution is 2.51. The van der Waals surface area contributed by atoms with E-state index in [2.05, 4.69) is 0 Å². The van der Waals surface area contributed by atoms with Crippen LogP contribution in [0.15, 0.2) is 179 Å². The maximum Gasteiger partial charge on any atom is 0.147 e. The third kappa shape index (κ3) is 3.79. The first-order valence-corrected chi connectivity index (χ1v) is 16.4. The second kappa shape index (κ2) is 10.4. The first kappa shape index (κ1) is 20.7. The molecule has 2 aromatic heterocycles. The van der Waals surface area contributed by atoms with Crippen molar-refractivity contribution in [2.24, 2.45) is 0 Å². The standard InChI is InChI=1S/C48H28O2/c1-2-14-30-29(13-1)27-28-32-31(30)21-11-22-34(32)44-35-16-3-5-18-37(35)45(38-19-6-4-17-36(38)44)46-40-20-8-10-26-43(40)50-48(46)41-24-12-23-39-33-15-7-9-25-42(33)49-47(39)41/h1-28H/i3D,4D,5D,6D,16D,17D,18D,19D. The normalized spacial score (nSPS) is 14.2. The third-order valence-corrected chi connectivity index (χ3v) is 9.93. The van der Waals surface area contributed by atoms with Crippen LogP contribution in [0.4, 0.5) is 0 Å². The molecule has 0 saturated carbocycles. The molecule has 2 heterocycles. The van der Waals surface area contributed by atoms with Crippen LogP contribution in [0.25, 0.3) is 110 Å². The molecule has 0 aliphatic carbocycles. The van der Waals surface area contributed by atoms with Crippen molar-refractivity contribution in [3.05, 3.63) is 170 Å². The van der Waals surface area contributed by atoms with Crippen molar-refractivity contribution in [2.75, 3.05) is 0 Å². The Bertz CT molecular complexity index is 3540. The van der Waals surface area contributed by atoms with Gasteiger partial charge in [-0.05, 0) is 72.4 Å². The van der Waals surface area contributed by atoms with Crippen molar-refractivity contribution < 1.29 is 19.8 Å². The van der Waals surface area contributed by atoms with Crippen molar-refractivity contribution in [1.29, 1.82) is 0 Å². The van der Waals surface area contributed by atoms with Crippen molar-refractivity contribution in [3.63, 3.8) is 0 Å². The Hall–Kier alpha value is -6.64. The van der Waals surface area contributed by atoms with Gasteiger partial charge >= 0.3 is 0 Å². The van der Waals surface area contributed by atoms with Crippen molar-refractivity contribution >= 4 is 76.0 Å². The molecule has 2 nitrogen and oxygen atoms in total. The van der Waals surface area contributed by atoms with Crippen LogP contribution in [0.5, 0.6) is 0 Å². The fourth-order valence-corrected chi connectivity index (χ4v) is 7.81. The first-order chi connectivity index (χ1) is 28.2. The van der Waals surface area contributed by atoms with Gasteiger partial charge < -0.3 is 8.83 Å². The van der Waals surface area contributed by atoms with Gasteiger partial charge in [-0.3, -0.25) is 0 Å². The average Bonchev–Trinajstić information content (AvgIpc) is 3.83. The molecular formula is C48H28O2. The molecule has 0 atom stereocenters. The molecule has 0 bridgehead atoms. The highest BCUT2D eigenvalue weighted by Gasteiger charge is 2.26. The van der Waals surface area contributed by atoms with Crippen LogP contribution in [0.2, 0.25) is 0 Å². The smallest absolute Gasteiger partial charge is 0.147 e. The van der Waals surface area contributed by atoms with E-state index in [-0.39, 0.29) is 51.3 Å². The number of furan rings is 2. The lowest BCUT2D eigenvalue weighted by Crippen LogP contribution is -1.92. The van der Waals surface area contributed by atoms with Crippen LogP contribution < -0.4 is 0 Å². The summed E-state index contributed by atoms with van der Waals surface area (Å²) in [5.74, 6) is 0.331. The Morgan fingerprint density at radius 3 is 1.64 bits per heavy atom. The summed E-state index contributed by atoms with van der Waals surface area (Å²) in [7, 11) is 0. The summed E-state index contributed by atoms with van der Waals surface area (Å²) in [5, 5.41) is 6.49. The van der Waals surface area contributed by atoms with Crippen LogP contribution in [-0.2, 0) is 0 Å². The summed E-state index contributed by atoms with van der Waals surface area (Å²) in [6.07, 6.45) is 0. The molecule has 0 amide bonds. The van der Waals surface area contributed by atoms with Gasteiger partial charge in [-0.15, -0.1) is 0 Å². The van der Waals surface area contributed by atoms with Crippen LogP contribution in [0.1, 0.15) is 11.0 Å². The summed E-state index contributed by atoms with van der Waals surface area (Å²) in [6.45, 7) is 0. The number of hydrogen-bond donors (Lipinski definition) is 0. The topological polar surface area (TPSA) is 26.3 Å². The number of para-hydroxylation sites is 3. The van der Waals surface area contributed by atoms with Gasteiger partial charge in [0.2, 0.25) is 0 Å². The molecule has 9 aromatic carbocycles. The van der Waals surface area contributed by atoms with E-state index >= 15 is 0 Å². The molecule has 11 rings (SSSR count). The van der Waals surface area contributed by atoms with E-state index in [0.717, 1.165) is 32.3 Å². The monoisotopic (exact) mass is 644 g/mol. The second-order valence-electron chi connectivity index (χ2n) is 12.5. The van der Waals surface area contributed by atoms with Crippen molar-refractivity contribution in [1.82, 2.24) is 0 Å². The van der Waals surface area contributed by atoms with E-state index in [4.69, 9.17) is 14.3 Å². The number of rotatable bonds is 3. The molecular weight excluding hydrogens is 609 g/mol. The van der Waals surface area contributed by atoms with E-state index in [1.165, 1.54) is 0 Å². The maximum absolute atomic E-state index is 9.65. The Labute approximate surface area is 298 Å². The minimum Gasteiger partial charge on any atom is -0.455 e. The fraction of sp³-hybridized carbons (Fsp3) is 0. The molecule has 0 fully saturated rings. The van der Waals surface area contributed by atoms with Gasteiger partial charge in [-0.25, -0.2) is 0 Å². The Balaban J connectivity index is 1.41. The van der Waals surface area contributed by atoms with Gasteiger partial charge in [0.05, 0.1) is 16.5 Å². The quantitative estimate of drug-likeness (QED) is 0.141. The van der Waals surface area contributed by atoms with E-state index in [1.807, 2.05) is 121 Å². The highest BCUT2D eigenvalue weighted by molar-refractivity contribution is 6.27. The highest BCUT2D eigenvalue weighted by atomic mass is 16.3. The summed E-state index contributed by atoms with van der Waals surface area (Å²) >= 11 is 0. The molecule has 0 N–H and O–H groups in total. The predicted molar refractivity (Wildman–Crippen MR) is 210 cm³/mol. The van der Waals surface area contributed by atoms with Gasteiger partial charge in [0.25, 0.3) is 0 Å². The summed E-state index contributed by atoms with van der Waals surface area (Å²) in [6, 6.07) is 35.2. The maximum atomic E-state index is 9.65. The molecule has 232 valence electrons. The van der Waals surface area contributed by atoms with Crippen molar-refractivity contribution in [2.45, 2.75) is 0 Å². The number of hydrogen-bond acceptors (Lipinski definition) is 2. The fourth-order valence-electron chi connectivity index (χ4n) is 7.81.